The van der Waals surface area contributed by atoms with Crippen LogP contribution in [0.25, 0.3) is 0 Å². The normalized spacial score (nSPS) is 23.5. The third-order valence-electron chi connectivity index (χ3n) is 5.94. The lowest BCUT2D eigenvalue weighted by Crippen LogP contribution is -2.58. The van der Waals surface area contributed by atoms with Gasteiger partial charge in [0.2, 0.25) is 11.8 Å². The molecule has 164 valence electrons. The molecule has 4 atom stereocenters. The van der Waals surface area contributed by atoms with Crippen LogP contribution in [0.4, 0.5) is 0 Å². The zero-order valence-corrected chi connectivity index (χ0v) is 19.0. The maximum Gasteiger partial charge on any atom is 0.256 e. The van der Waals surface area contributed by atoms with Crippen LogP contribution in [0.2, 0.25) is 0 Å². The van der Waals surface area contributed by atoms with Crippen molar-refractivity contribution in [3.8, 4) is 0 Å². The van der Waals surface area contributed by atoms with Gasteiger partial charge in [-0.1, -0.05) is 38.5 Å². The van der Waals surface area contributed by atoms with E-state index in [1.807, 2.05) is 52.0 Å². The molecule has 0 saturated carbocycles. The number of thioether (sulfide) groups is 1. The van der Waals surface area contributed by atoms with E-state index in [0.29, 0.717) is 18.7 Å². The van der Waals surface area contributed by atoms with E-state index in [4.69, 9.17) is 4.74 Å². The zero-order valence-electron chi connectivity index (χ0n) is 18.2. The van der Waals surface area contributed by atoms with Gasteiger partial charge in [-0.15, -0.1) is 11.8 Å². The predicted octanol–water partition coefficient (Wildman–Crippen LogP) is 2.33. The van der Waals surface area contributed by atoms with Gasteiger partial charge in [0.25, 0.3) is 5.91 Å². The van der Waals surface area contributed by atoms with Crippen LogP contribution >= 0.6 is 11.8 Å². The van der Waals surface area contributed by atoms with Gasteiger partial charge in [0, 0.05) is 24.0 Å². The molecule has 3 rings (SSSR count). The van der Waals surface area contributed by atoms with Crippen LogP contribution in [0, 0.1) is 5.92 Å². The second-order valence-electron chi connectivity index (χ2n) is 8.43. The lowest BCUT2D eigenvalue weighted by molar-refractivity contribution is -0.133. The average Bonchev–Trinajstić information content (AvgIpc) is 3.15. The van der Waals surface area contributed by atoms with E-state index in [2.05, 4.69) is 10.6 Å². The molecule has 3 amide bonds. The first kappa shape index (κ1) is 22.6. The molecule has 1 aromatic carbocycles. The Morgan fingerprint density at radius 1 is 1.30 bits per heavy atom. The number of hydrogen-bond acceptors (Lipinski definition) is 5. The Morgan fingerprint density at radius 2 is 2.00 bits per heavy atom. The molecule has 0 radical (unpaired) electrons. The highest BCUT2D eigenvalue weighted by Crippen LogP contribution is 2.56. The maximum atomic E-state index is 13.4. The number of rotatable bonds is 8. The van der Waals surface area contributed by atoms with Gasteiger partial charge in [-0.25, -0.2) is 0 Å². The number of amides is 3. The average molecular weight is 434 g/mol. The summed E-state index contributed by atoms with van der Waals surface area (Å²) in [6.45, 7) is 8.67. The van der Waals surface area contributed by atoms with Gasteiger partial charge in [-0.05, 0) is 31.4 Å². The van der Waals surface area contributed by atoms with E-state index in [-0.39, 0.29) is 29.0 Å². The van der Waals surface area contributed by atoms with Crippen molar-refractivity contribution in [1.82, 2.24) is 15.5 Å². The maximum absolute atomic E-state index is 13.4. The van der Waals surface area contributed by atoms with Crippen molar-refractivity contribution < 1.29 is 19.1 Å². The minimum absolute atomic E-state index is 0.0454. The van der Waals surface area contributed by atoms with Crippen molar-refractivity contribution in [3.05, 3.63) is 35.4 Å². The lowest BCUT2D eigenvalue weighted by atomic mass is 9.95. The molecular weight excluding hydrogens is 402 g/mol. The summed E-state index contributed by atoms with van der Waals surface area (Å²) in [6, 6.07) is 6.19. The molecule has 7 nitrogen and oxygen atoms in total. The first-order valence-corrected chi connectivity index (χ1v) is 11.3. The molecule has 1 aromatic rings. The fourth-order valence-corrected chi connectivity index (χ4v) is 5.71. The summed E-state index contributed by atoms with van der Waals surface area (Å²) >= 11 is 1.61. The van der Waals surface area contributed by atoms with E-state index in [1.165, 1.54) is 0 Å². The first-order chi connectivity index (χ1) is 14.2. The Balaban J connectivity index is 1.82. The number of methoxy groups -OCH3 is 1. The number of fused-ring (bicyclic) bond motifs is 3. The van der Waals surface area contributed by atoms with Crippen molar-refractivity contribution in [2.24, 2.45) is 5.92 Å². The van der Waals surface area contributed by atoms with Gasteiger partial charge < -0.3 is 20.3 Å². The number of carbonyl (C=O) groups is 3. The van der Waals surface area contributed by atoms with Gasteiger partial charge in [-0.2, -0.15) is 0 Å². The van der Waals surface area contributed by atoms with Crippen LogP contribution in [0.3, 0.4) is 0 Å². The van der Waals surface area contributed by atoms with Crippen molar-refractivity contribution in [3.63, 3.8) is 0 Å². The summed E-state index contributed by atoms with van der Waals surface area (Å²) < 4.78 is 4.51. The molecule has 0 spiro atoms. The van der Waals surface area contributed by atoms with Crippen LogP contribution in [0.5, 0.6) is 0 Å². The molecular formula is C22H31N3O4S. The summed E-state index contributed by atoms with van der Waals surface area (Å²) in [5.74, 6) is -0.691. The fourth-order valence-electron chi connectivity index (χ4n) is 4.12. The standard InChI is InChI=1S/C22H31N3O4S/c1-6-13(2)16(18(26)23-11-12-29-5)24-19(27)17-22(3,4)30-21-15-10-8-7-9-14(15)20(28)25(17)21/h7-10,13,16-17,21H,6,11-12H2,1-5H3,(H,23,26)(H,24,27)/t13-,16+,17-,21+/m1/s1. The minimum atomic E-state index is -0.667. The summed E-state index contributed by atoms with van der Waals surface area (Å²) in [7, 11) is 1.57. The van der Waals surface area contributed by atoms with Crippen LogP contribution < -0.4 is 10.6 Å². The van der Waals surface area contributed by atoms with Crippen LogP contribution in [0.15, 0.2) is 24.3 Å². The smallest absolute Gasteiger partial charge is 0.256 e. The Labute approximate surface area is 182 Å². The first-order valence-electron chi connectivity index (χ1n) is 10.4. The van der Waals surface area contributed by atoms with Gasteiger partial charge in [0.05, 0.1) is 6.61 Å². The number of nitrogens with zero attached hydrogens (tertiary/aromatic N) is 1. The Morgan fingerprint density at radius 3 is 2.67 bits per heavy atom. The van der Waals surface area contributed by atoms with Crippen molar-refractivity contribution in [2.75, 3.05) is 20.3 Å². The molecule has 0 bridgehead atoms. The topological polar surface area (TPSA) is 87.7 Å². The van der Waals surface area contributed by atoms with Gasteiger partial charge in [-0.3, -0.25) is 14.4 Å². The molecule has 0 aromatic heterocycles. The van der Waals surface area contributed by atoms with E-state index >= 15 is 0 Å². The molecule has 2 aliphatic heterocycles. The Bertz CT molecular complexity index is 828. The second-order valence-corrected chi connectivity index (χ2v) is 10.2. The number of nitrogens with one attached hydrogen (secondary N) is 2. The highest BCUT2D eigenvalue weighted by molar-refractivity contribution is 8.01. The third-order valence-corrected chi connectivity index (χ3v) is 7.48. The number of hydrogen-bond donors (Lipinski definition) is 2. The van der Waals surface area contributed by atoms with Crippen LogP contribution in [-0.4, -0.2) is 59.7 Å². The van der Waals surface area contributed by atoms with E-state index in [9.17, 15) is 14.4 Å². The molecule has 0 aliphatic carbocycles. The number of carbonyl (C=O) groups excluding carboxylic acids is 3. The second kappa shape index (κ2) is 8.98. The molecule has 8 heteroatoms. The van der Waals surface area contributed by atoms with Crippen molar-refractivity contribution >= 4 is 29.5 Å². The summed E-state index contributed by atoms with van der Waals surface area (Å²) in [5.41, 5.74) is 1.60. The summed E-state index contributed by atoms with van der Waals surface area (Å²) in [4.78, 5) is 41.0. The molecule has 2 heterocycles. The monoisotopic (exact) mass is 433 g/mol. The molecule has 30 heavy (non-hydrogen) atoms. The summed E-state index contributed by atoms with van der Waals surface area (Å²) in [5, 5.41) is 5.59. The zero-order chi connectivity index (χ0) is 22.1. The Hall–Kier alpha value is -2.06. The Kier molecular flexibility index (Phi) is 6.77. The molecule has 0 unspecified atom stereocenters. The molecule has 2 aliphatic rings. The third kappa shape index (κ3) is 4.07. The number of benzene rings is 1. The van der Waals surface area contributed by atoms with Crippen LogP contribution in [-0.2, 0) is 14.3 Å². The SMILES string of the molecule is CC[C@@H](C)[C@H](NC(=O)[C@H]1N2C(=O)c3ccccc3[C@@H]2SC1(C)C)C(=O)NCCOC. The highest BCUT2D eigenvalue weighted by atomic mass is 32.2. The predicted molar refractivity (Wildman–Crippen MR) is 117 cm³/mol. The van der Waals surface area contributed by atoms with E-state index in [0.717, 1.165) is 12.0 Å². The number of ether oxygens (including phenoxy) is 1. The van der Waals surface area contributed by atoms with E-state index in [1.54, 1.807) is 23.8 Å². The van der Waals surface area contributed by atoms with Gasteiger partial charge >= 0.3 is 0 Å². The largest absolute Gasteiger partial charge is 0.383 e. The van der Waals surface area contributed by atoms with Gasteiger partial charge in [0.1, 0.15) is 17.5 Å². The van der Waals surface area contributed by atoms with Gasteiger partial charge in [0.15, 0.2) is 0 Å². The quantitative estimate of drug-likeness (QED) is 0.615. The van der Waals surface area contributed by atoms with Crippen molar-refractivity contribution in [1.29, 1.82) is 0 Å². The summed E-state index contributed by atoms with van der Waals surface area (Å²) in [6.07, 6.45) is 0.738. The fraction of sp³-hybridized carbons (Fsp3) is 0.591. The van der Waals surface area contributed by atoms with Crippen LogP contribution in [0.1, 0.15) is 55.4 Å². The molecule has 1 fully saturated rings. The highest BCUT2D eigenvalue weighted by Gasteiger charge is 2.57. The molecule has 2 N–H and O–H groups in total. The lowest BCUT2D eigenvalue weighted by Gasteiger charge is -2.32. The minimum Gasteiger partial charge on any atom is -0.383 e. The van der Waals surface area contributed by atoms with E-state index < -0.39 is 16.8 Å². The van der Waals surface area contributed by atoms with Crippen molar-refractivity contribution in [2.45, 2.75) is 56.3 Å². The molecule has 1 saturated heterocycles.